The van der Waals surface area contributed by atoms with Crippen molar-refractivity contribution in [3.8, 4) is 11.5 Å². The van der Waals surface area contributed by atoms with Gasteiger partial charge in [-0.15, -0.1) is 0 Å². The zero-order valence-corrected chi connectivity index (χ0v) is 20.0. The minimum Gasteiger partial charge on any atom is -0.493 e. The van der Waals surface area contributed by atoms with E-state index in [1.165, 1.54) is 27.3 Å². The molecule has 3 N–H and O–H groups in total. The number of esters is 1. The number of carbonyl (C=O) groups is 2. The Labute approximate surface area is 206 Å². The number of ether oxygens (including phenoxy) is 3. The highest BCUT2D eigenvalue weighted by atomic mass is 16.5. The van der Waals surface area contributed by atoms with E-state index in [0.717, 1.165) is 21.1 Å². The highest BCUT2D eigenvalue weighted by Gasteiger charge is 2.22. The van der Waals surface area contributed by atoms with Crippen LogP contribution < -0.4 is 31.4 Å². The number of H-pyrrole nitrogens is 1. The average molecular weight is 495 g/mol. The van der Waals surface area contributed by atoms with Crippen molar-refractivity contribution < 1.29 is 23.8 Å². The Bertz CT molecular complexity index is 1390. The maximum absolute atomic E-state index is 12.6. The zero-order chi connectivity index (χ0) is 26.2. The first-order valence-corrected chi connectivity index (χ1v) is 10.7. The summed E-state index contributed by atoms with van der Waals surface area (Å²) in [5.41, 5.74) is 5.74. The van der Waals surface area contributed by atoms with Crippen LogP contribution in [0.2, 0.25) is 0 Å². The van der Waals surface area contributed by atoms with Crippen LogP contribution >= 0.6 is 0 Å². The normalized spacial score (nSPS) is 10.8. The maximum Gasteiger partial charge on any atom is 0.331 e. The van der Waals surface area contributed by atoms with Gasteiger partial charge >= 0.3 is 11.7 Å². The number of nitrogen functional groups attached to an aromatic ring is 1. The second-order valence-corrected chi connectivity index (χ2v) is 7.57. The van der Waals surface area contributed by atoms with Gasteiger partial charge in [0.2, 0.25) is 0 Å². The van der Waals surface area contributed by atoms with Crippen LogP contribution in [0.15, 0.2) is 64.2 Å². The fourth-order valence-electron chi connectivity index (χ4n) is 3.35. The second-order valence-electron chi connectivity index (χ2n) is 7.57. The minimum atomic E-state index is -0.836. The van der Waals surface area contributed by atoms with E-state index in [0.29, 0.717) is 17.1 Å². The fourth-order valence-corrected chi connectivity index (χ4v) is 3.35. The van der Waals surface area contributed by atoms with Gasteiger partial charge in [0.15, 0.2) is 23.8 Å². The Balaban J connectivity index is 1.69. The monoisotopic (exact) mass is 494 g/mol. The Hall–Kier alpha value is -4.80. The summed E-state index contributed by atoms with van der Waals surface area (Å²) < 4.78 is 16.5. The summed E-state index contributed by atoms with van der Waals surface area (Å²) in [5, 5.41) is 0. The second kappa shape index (κ2) is 11.6. The molecule has 36 heavy (non-hydrogen) atoms. The number of likely N-dealkylation sites (N-methyl/N-ethyl adjacent to an activating group) is 1. The smallest absolute Gasteiger partial charge is 0.331 e. The van der Waals surface area contributed by atoms with Crippen LogP contribution in [-0.4, -0.2) is 49.3 Å². The number of hydrogen-bond acceptors (Lipinski definition) is 8. The van der Waals surface area contributed by atoms with Gasteiger partial charge in [-0.1, -0.05) is 36.4 Å². The number of nitrogens with zero attached hydrogens (tertiary/aromatic N) is 2. The van der Waals surface area contributed by atoms with Crippen molar-refractivity contribution in [3.63, 3.8) is 0 Å². The van der Waals surface area contributed by atoms with Crippen LogP contribution in [-0.2, 0) is 20.9 Å². The van der Waals surface area contributed by atoms with Crippen LogP contribution in [0, 0.1) is 0 Å². The van der Waals surface area contributed by atoms with E-state index in [1.807, 2.05) is 6.07 Å². The van der Waals surface area contributed by atoms with Crippen molar-refractivity contribution in [2.24, 2.45) is 0 Å². The van der Waals surface area contributed by atoms with Crippen molar-refractivity contribution in [1.29, 1.82) is 0 Å². The number of aromatic nitrogens is 2. The molecule has 3 rings (SSSR count). The molecule has 0 spiro atoms. The van der Waals surface area contributed by atoms with E-state index >= 15 is 0 Å². The molecule has 1 amide bonds. The number of nitrogens with two attached hydrogens (primary N) is 1. The maximum atomic E-state index is 12.6. The molecule has 0 atom stereocenters. The molecule has 1 heterocycles. The van der Waals surface area contributed by atoms with Gasteiger partial charge in [0.05, 0.1) is 20.8 Å². The number of benzene rings is 2. The van der Waals surface area contributed by atoms with E-state index in [1.54, 1.807) is 42.5 Å². The number of anilines is 2. The molecule has 0 aliphatic carbocycles. The van der Waals surface area contributed by atoms with Crippen LogP contribution in [0.4, 0.5) is 11.5 Å². The Morgan fingerprint density at radius 3 is 2.42 bits per heavy atom. The van der Waals surface area contributed by atoms with Crippen LogP contribution in [0.5, 0.6) is 11.5 Å². The molecule has 0 aliphatic heterocycles. The van der Waals surface area contributed by atoms with Crippen molar-refractivity contribution in [3.05, 3.63) is 86.6 Å². The Kier molecular flexibility index (Phi) is 8.29. The summed E-state index contributed by atoms with van der Waals surface area (Å²) in [7, 11) is 4.30. The summed E-state index contributed by atoms with van der Waals surface area (Å²) in [6.45, 7) is -0.560. The van der Waals surface area contributed by atoms with Crippen molar-refractivity contribution in [2.45, 2.75) is 6.54 Å². The molecule has 0 aliphatic rings. The van der Waals surface area contributed by atoms with E-state index in [2.05, 4.69) is 4.98 Å². The van der Waals surface area contributed by atoms with Crippen molar-refractivity contribution in [1.82, 2.24) is 9.55 Å². The summed E-state index contributed by atoms with van der Waals surface area (Å²) in [6.07, 6.45) is 2.64. The summed E-state index contributed by atoms with van der Waals surface area (Å²) in [4.78, 5) is 52.6. The largest absolute Gasteiger partial charge is 0.493 e. The molecule has 2 aromatic carbocycles. The number of rotatable bonds is 9. The van der Waals surface area contributed by atoms with Crippen molar-refractivity contribution in [2.75, 3.05) is 38.5 Å². The fraction of sp³-hybridized carbons (Fsp3) is 0.200. The standard InChI is InChI=1S/C25H26N4O7/c1-28(22-23(26)29(25(33)27-24(22)32)14-17-7-5-4-6-8-17)20(30)15-36-21(31)12-10-16-9-11-18(34-2)19(13-16)35-3/h4-13H,14-15,26H2,1-3H3,(H,27,32,33)/b12-10+. The van der Waals surface area contributed by atoms with Gasteiger partial charge in [-0.25, -0.2) is 9.59 Å². The number of hydrogen-bond donors (Lipinski definition) is 2. The lowest BCUT2D eigenvalue weighted by molar-refractivity contribution is -0.142. The minimum absolute atomic E-state index is 0.0905. The average Bonchev–Trinajstić information content (AvgIpc) is 2.88. The lowest BCUT2D eigenvalue weighted by Gasteiger charge is -2.20. The highest BCUT2D eigenvalue weighted by molar-refractivity contribution is 5.97. The van der Waals surface area contributed by atoms with Gasteiger partial charge in [0.25, 0.3) is 11.5 Å². The van der Waals surface area contributed by atoms with Gasteiger partial charge in [-0.3, -0.25) is 19.1 Å². The third-order valence-corrected chi connectivity index (χ3v) is 5.26. The van der Waals surface area contributed by atoms with Gasteiger partial charge in [0.1, 0.15) is 5.82 Å². The summed E-state index contributed by atoms with van der Waals surface area (Å²) in [6, 6.07) is 14.1. The molecule has 0 bridgehead atoms. The predicted octanol–water partition coefficient (Wildman–Crippen LogP) is 1.40. The Morgan fingerprint density at radius 2 is 1.75 bits per heavy atom. The topological polar surface area (TPSA) is 146 Å². The van der Waals surface area contributed by atoms with Gasteiger partial charge in [-0.05, 0) is 29.3 Å². The van der Waals surface area contributed by atoms with Gasteiger partial charge < -0.3 is 24.8 Å². The number of amides is 1. The number of methoxy groups -OCH3 is 2. The molecule has 3 aromatic rings. The van der Waals surface area contributed by atoms with Gasteiger partial charge in [0, 0.05) is 13.1 Å². The zero-order valence-electron chi connectivity index (χ0n) is 20.0. The van der Waals surface area contributed by atoms with Crippen LogP contribution in [0.3, 0.4) is 0 Å². The summed E-state index contributed by atoms with van der Waals surface area (Å²) in [5.74, 6) is -0.660. The molecule has 1 aromatic heterocycles. The lowest BCUT2D eigenvalue weighted by Crippen LogP contribution is -2.40. The number of carbonyl (C=O) groups excluding carboxylic acids is 2. The van der Waals surface area contributed by atoms with Crippen molar-refractivity contribution >= 4 is 29.5 Å². The first-order valence-electron chi connectivity index (χ1n) is 10.7. The molecule has 0 saturated carbocycles. The van der Waals surface area contributed by atoms with E-state index < -0.39 is 29.7 Å². The molecule has 0 unspecified atom stereocenters. The molecule has 0 saturated heterocycles. The predicted molar refractivity (Wildman–Crippen MR) is 134 cm³/mol. The number of aromatic amines is 1. The molecule has 188 valence electrons. The number of nitrogens with one attached hydrogen (secondary N) is 1. The molecule has 11 heteroatoms. The molecule has 11 nitrogen and oxygen atoms in total. The van der Waals surface area contributed by atoms with E-state index in [-0.39, 0.29) is 18.1 Å². The van der Waals surface area contributed by atoms with Crippen LogP contribution in [0.1, 0.15) is 11.1 Å². The highest BCUT2D eigenvalue weighted by Crippen LogP contribution is 2.28. The summed E-state index contributed by atoms with van der Waals surface area (Å²) >= 11 is 0. The third-order valence-electron chi connectivity index (χ3n) is 5.26. The molecule has 0 radical (unpaired) electrons. The third kappa shape index (κ3) is 6.00. The quantitative estimate of drug-likeness (QED) is 0.335. The van der Waals surface area contributed by atoms with Gasteiger partial charge in [-0.2, -0.15) is 0 Å². The molecular weight excluding hydrogens is 468 g/mol. The van der Waals surface area contributed by atoms with E-state index in [9.17, 15) is 19.2 Å². The van der Waals surface area contributed by atoms with Crippen LogP contribution in [0.25, 0.3) is 6.08 Å². The SMILES string of the molecule is COc1ccc(/C=C/C(=O)OCC(=O)N(C)c2c(N)n(Cc3ccccc3)c(=O)[nH]c2=O)cc1OC. The van der Waals surface area contributed by atoms with E-state index in [4.69, 9.17) is 19.9 Å². The molecular formula is C25H26N4O7. The first kappa shape index (κ1) is 25.8. The molecule has 0 fully saturated rings. The first-order chi connectivity index (χ1) is 17.2. The lowest BCUT2D eigenvalue weighted by atomic mass is 10.2. The Morgan fingerprint density at radius 1 is 1.06 bits per heavy atom.